The van der Waals surface area contributed by atoms with Gasteiger partial charge >= 0.3 is 0 Å². The Hall–Kier alpha value is -3.64. The van der Waals surface area contributed by atoms with Crippen molar-refractivity contribution in [3.63, 3.8) is 0 Å². The summed E-state index contributed by atoms with van der Waals surface area (Å²) in [5.74, 6) is 0.105. The topological polar surface area (TPSA) is 58.4 Å². The summed E-state index contributed by atoms with van der Waals surface area (Å²) in [5.41, 5.74) is 1.93. The van der Waals surface area contributed by atoms with Crippen LogP contribution in [0.2, 0.25) is 5.02 Å². The molecular formula is C26H23ClN4O2. The number of piperazine rings is 1. The van der Waals surface area contributed by atoms with Gasteiger partial charge in [-0.1, -0.05) is 72.3 Å². The fourth-order valence-corrected chi connectivity index (χ4v) is 4.48. The van der Waals surface area contributed by atoms with Crippen LogP contribution in [0.1, 0.15) is 5.56 Å². The molecule has 0 bridgehead atoms. The van der Waals surface area contributed by atoms with Gasteiger partial charge in [0.05, 0.1) is 24.0 Å². The van der Waals surface area contributed by atoms with E-state index < -0.39 is 0 Å². The number of para-hydroxylation sites is 1. The molecule has 6 nitrogen and oxygen atoms in total. The number of rotatable bonds is 4. The zero-order valence-electron chi connectivity index (χ0n) is 18.0. The lowest BCUT2D eigenvalue weighted by molar-refractivity contribution is -0.130. The number of anilines is 1. The summed E-state index contributed by atoms with van der Waals surface area (Å²) in [7, 11) is 0. The van der Waals surface area contributed by atoms with E-state index in [0.717, 1.165) is 10.9 Å². The first-order valence-electron chi connectivity index (χ1n) is 10.9. The van der Waals surface area contributed by atoms with E-state index in [0.29, 0.717) is 44.0 Å². The highest BCUT2D eigenvalue weighted by Gasteiger charge is 2.24. The van der Waals surface area contributed by atoms with Crippen molar-refractivity contribution in [2.24, 2.45) is 0 Å². The first-order chi connectivity index (χ1) is 16.1. The van der Waals surface area contributed by atoms with Gasteiger partial charge in [0.25, 0.3) is 5.56 Å². The van der Waals surface area contributed by atoms with Crippen LogP contribution < -0.4 is 10.5 Å². The molecule has 1 aliphatic heterocycles. The van der Waals surface area contributed by atoms with Gasteiger partial charge in [-0.15, -0.1) is 0 Å². The predicted molar refractivity (Wildman–Crippen MR) is 131 cm³/mol. The van der Waals surface area contributed by atoms with Crippen LogP contribution in [-0.2, 0) is 11.2 Å². The molecule has 2 heterocycles. The number of hydrogen-bond donors (Lipinski definition) is 0. The highest BCUT2D eigenvalue weighted by atomic mass is 35.5. The summed E-state index contributed by atoms with van der Waals surface area (Å²) in [6, 6.07) is 23.5. The Bertz CT molecular complexity index is 1360. The first kappa shape index (κ1) is 21.2. The van der Waals surface area contributed by atoms with Gasteiger partial charge in [0.15, 0.2) is 0 Å². The minimum absolute atomic E-state index is 0.105. The maximum Gasteiger partial charge on any atom is 0.292 e. The smallest absolute Gasteiger partial charge is 0.292 e. The van der Waals surface area contributed by atoms with Crippen LogP contribution in [0.15, 0.2) is 83.8 Å². The Labute approximate surface area is 196 Å². The van der Waals surface area contributed by atoms with Gasteiger partial charge in [-0.25, -0.2) is 0 Å². The largest absolute Gasteiger partial charge is 0.365 e. The predicted octanol–water partition coefficient (Wildman–Crippen LogP) is 3.93. The van der Waals surface area contributed by atoms with Crippen LogP contribution in [0.4, 0.5) is 5.69 Å². The van der Waals surface area contributed by atoms with Gasteiger partial charge < -0.3 is 9.80 Å². The van der Waals surface area contributed by atoms with Crippen LogP contribution >= 0.6 is 11.6 Å². The third-order valence-corrected chi connectivity index (χ3v) is 6.40. The lowest BCUT2D eigenvalue weighted by Crippen LogP contribution is -2.49. The molecular weight excluding hydrogens is 436 g/mol. The van der Waals surface area contributed by atoms with Gasteiger partial charge in [-0.2, -0.15) is 9.78 Å². The zero-order chi connectivity index (χ0) is 22.8. The summed E-state index contributed by atoms with van der Waals surface area (Å²) in [6.45, 7) is 2.34. The Morgan fingerprint density at radius 2 is 1.58 bits per heavy atom. The fourth-order valence-electron chi connectivity index (χ4n) is 4.23. The van der Waals surface area contributed by atoms with E-state index in [9.17, 15) is 9.59 Å². The molecule has 1 aliphatic rings. The molecule has 0 N–H and O–H groups in total. The Balaban J connectivity index is 1.25. The van der Waals surface area contributed by atoms with E-state index in [1.165, 1.54) is 10.1 Å². The number of benzene rings is 3. The van der Waals surface area contributed by atoms with Crippen LogP contribution in [0.3, 0.4) is 0 Å². The van der Waals surface area contributed by atoms with Gasteiger partial charge in [0.1, 0.15) is 5.02 Å². The molecule has 7 heteroatoms. The zero-order valence-corrected chi connectivity index (χ0v) is 18.8. The molecule has 0 atom stereocenters. The van der Waals surface area contributed by atoms with Crippen molar-refractivity contribution >= 4 is 34.0 Å². The van der Waals surface area contributed by atoms with Gasteiger partial charge in [0.2, 0.25) is 5.91 Å². The molecule has 0 aliphatic carbocycles. The molecule has 5 rings (SSSR count). The van der Waals surface area contributed by atoms with Crippen LogP contribution in [-0.4, -0.2) is 46.8 Å². The minimum Gasteiger partial charge on any atom is -0.365 e. The molecule has 33 heavy (non-hydrogen) atoms. The minimum atomic E-state index is -0.352. The molecule has 4 aromatic rings. The first-order valence-corrected chi connectivity index (χ1v) is 11.3. The van der Waals surface area contributed by atoms with Crippen molar-refractivity contribution in [1.82, 2.24) is 14.7 Å². The second kappa shape index (κ2) is 9.08. The standard InChI is InChI=1S/C26H23ClN4O2/c27-25-23(18-28-31(26(25)33)22-8-2-1-3-9-22)29-12-14-30(15-13-29)24(32)17-19-10-11-20-6-4-5-7-21(20)16-19/h1-11,16,18H,12-15,17H2. The van der Waals surface area contributed by atoms with Crippen molar-refractivity contribution in [3.8, 4) is 5.69 Å². The average Bonchev–Trinajstić information content (AvgIpc) is 2.86. The van der Waals surface area contributed by atoms with Gasteiger partial charge in [0, 0.05) is 26.2 Å². The van der Waals surface area contributed by atoms with Gasteiger partial charge in [-0.05, 0) is 28.5 Å². The van der Waals surface area contributed by atoms with E-state index in [-0.39, 0.29) is 16.5 Å². The Morgan fingerprint density at radius 1 is 0.879 bits per heavy atom. The number of halogens is 1. The molecule has 1 fully saturated rings. The van der Waals surface area contributed by atoms with E-state index in [4.69, 9.17) is 11.6 Å². The van der Waals surface area contributed by atoms with Crippen molar-refractivity contribution in [3.05, 3.63) is 99.9 Å². The monoisotopic (exact) mass is 458 g/mol. The quantitative estimate of drug-likeness (QED) is 0.465. The summed E-state index contributed by atoms with van der Waals surface area (Å²) >= 11 is 6.44. The summed E-state index contributed by atoms with van der Waals surface area (Å²) in [4.78, 5) is 29.6. The maximum atomic E-state index is 12.9. The third-order valence-electron chi connectivity index (χ3n) is 6.04. The second-order valence-corrected chi connectivity index (χ2v) is 8.50. The molecule has 1 aromatic heterocycles. The van der Waals surface area contributed by atoms with E-state index >= 15 is 0 Å². The van der Waals surface area contributed by atoms with E-state index in [1.54, 1.807) is 6.20 Å². The number of carbonyl (C=O) groups excluding carboxylic acids is 1. The normalized spacial score (nSPS) is 14.0. The van der Waals surface area contributed by atoms with Crippen LogP contribution in [0, 0.1) is 0 Å². The SMILES string of the molecule is O=C(Cc1ccc2ccccc2c1)N1CCN(c2cnn(-c3ccccc3)c(=O)c2Cl)CC1. The lowest BCUT2D eigenvalue weighted by Gasteiger charge is -2.36. The van der Waals surface area contributed by atoms with E-state index in [2.05, 4.69) is 29.4 Å². The van der Waals surface area contributed by atoms with Crippen molar-refractivity contribution in [2.75, 3.05) is 31.1 Å². The van der Waals surface area contributed by atoms with Crippen molar-refractivity contribution in [1.29, 1.82) is 0 Å². The molecule has 0 radical (unpaired) electrons. The van der Waals surface area contributed by atoms with Crippen LogP contribution in [0.5, 0.6) is 0 Å². The Morgan fingerprint density at radius 3 is 2.33 bits per heavy atom. The molecule has 166 valence electrons. The molecule has 0 spiro atoms. The molecule has 1 amide bonds. The molecule has 3 aromatic carbocycles. The maximum absolute atomic E-state index is 12.9. The number of nitrogens with zero attached hydrogens (tertiary/aromatic N) is 4. The summed E-state index contributed by atoms with van der Waals surface area (Å²) < 4.78 is 1.30. The third kappa shape index (κ3) is 4.34. The average molecular weight is 459 g/mol. The van der Waals surface area contributed by atoms with Crippen molar-refractivity contribution < 1.29 is 4.79 Å². The number of hydrogen-bond acceptors (Lipinski definition) is 4. The number of carbonyl (C=O) groups is 1. The second-order valence-electron chi connectivity index (χ2n) is 8.12. The number of amides is 1. The molecule has 0 saturated carbocycles. The Kier molecular flexibility index (Phi) is 5.84. The van der Waals surface area contributed by atoms with Crippen molar-refractivity contribution in [2.45, 2.75) is 6.42 Å². The summed E-state index contributed by atoms with van der Waals surface area (Å²) in [5, 5.41) is 6.77. The number of aromatic nitrogens is 2. The highest BCUT2D eigenvalue weighted by molar-refractivity contribution is 6.33. The van der Waals surface area contributed by atoms with Gasteiger partial charge in [-0.3, -0.25) is 9.59 Å². The lowest BCUT2D eigenvalue weighted by atomic mass is 10.0. The van der Waals surface area contributed by atoms with Crippen LogP contribution in [0.25, 0.3) is 16.5 Å². The number of fused-ring (bicyclic) bond motifs is 1. The molecule has 0 unspecified atom stereocenters. The van der Waals surface area contributed by atoms with E-state index in [1.807, 2.05) is 58.3 Å². The molecule has 1 saturated heterocycles. The highest BCUT2D eigenvalue weighted by Crippen LogP contribution is 2.23. The fraction of sp³-hybridized carbons (Fsp3) is 0.192. The summed E-state index contributed by atoms with van der Waals surface area (Å²) in [6.07, 6.45) is 2.00.